The maximum atomic E-state index is 16.1. The van der Waals surface area contributed by atoms with E-state index in [1.807, 2.05) is 69.3 Å². The highest BCUT2D eigenvalue weighted by atomic mass is 35.5. The first-order valence-electron chi connectivity index (χ1n) is 27.5. The first-order chi connectivity index (χ1) is 39.1. The van der Waals surface area contributed by atoms with Crippen LogP contribution in [0.2, 0.25) is 0 Å². The summed E-state index contributed by atoms with van der Waals surface area (Å²) in [7, 11) is 1.00. The van der Waals surface area contributed by atoms with Gasteiger partial charge < -0.3 is 45.4 Å². The number of ether oxygens (including phenoxy) is 1. The van der Waals surface area contributed by atoms with Crippen LogP contribution in [0.4, 0.5) is 13.8 Å². The van der Waals surface area contributed by atoms with Crippen LogP contribution >= 0.6 is 22.9 Å². The van der Waals surface area contributed by atoms with E-state index >= 15 is 4.39 Å². The lowest BCUT2D eigenvalue weighted by molar-refractivity contribution is -0.141. The number of amides is 2. The summed E-state index contributed by atoms with van der Waals surface area (Å²) >= 11 is 7.47. The van der Waals surface area contributed by atoms with Crippen molar-refractivity contribution >= 4 is 67.8 Å². The van der Waals surface area contributed by atoms with E-state index in [1.165, 1.54) is 25.0 Å². The van der Waals surface area contributed by atoms with Crippen LogP contribution in [-0.2, 0) is 9.59 Å². The Bertz CT molecular complexity index is 3270. The van der Waals surface area contributed by atoms with Gasteiger partial charge in [-0.1, -0.05) is 86.6 Å². The number of fused-ring (bicyclic) bond motifs is 3. The number of nitrogens with two attached hydrogens (primary N) is 1. The average Bonchev–Trinajstić information content (AvgIpc) is 4.45. The molecule has 4 saturated heterocycles. The number of nitriles is 2. The van der Waals surface area contributed by atoms with Gasteiger partial charge in [0.25, 0.3) is 5.88 Å². The fourth-order valence-electron chi connectivity index (χ4n) is 11.4. The van der Waals surface area contributed by atoms with Gasteiger partial charge >= 0.3 is 0 Å². The van der Waals surface area contributed by atoms with E-state index in [4.69, 9.17) is 31.7 Å². The van der Waals surface area contributed by atoms with Crippen molar-refractivity contribution in [2.24, 2.45) is 21.8 Å². The van der Waals surface area contributed by atoms with Crippen LogP contribution in [-0.4, -0.2) is 127 Å². The number of nitrogen functional groups attached to an aromatic ring is 1. The lowest BCUT2D eigenvalue weighted by Crippen LogP contribution is -2.50. The van der Waals surface area contributed by atoms with Gasteiger partial charge in [-0.3, -0.25) is 14.6 Å². The molecule has 426 valence electrons. The van der Waals surface area contributed by atoms with Crippen molar-refractivity contribution in [2.45, 2.75) is 95.8 Å². The lowest BCUT2D eigenvalue weighted by Gasteiger charge is -2.33. The van der Waals surface area contributed by atoms with E-state index in [1.54, 1.807) is 23.1 Å². The van der Waals surface area contributed by atoms with E-state index in [2.05, 4.69) is 54.9 Å². The number of aliphatic hydroxyl groups excluding tert-OH is 1. The average molecular weight is 1140 g/mol. The molecule has 3 aromatic carbocycles. The molecule has 20 heteroatoms. The number of aliphatic hydroxyl groups is 1. The summed E-state index contributed by atoms with van der Waals surface area (Å²) in [6.45, 7) is 18.8. The predicted molar refractivity (Wildman–Crippen MR) is 315 cm³/mol. The molecule has 5 aliphatic rings. The zero-order valence-electron chi connectivity index (χ0n) is 46.3. The fourth-order valence-corrected chi connectivity index (χ4v) is 12.6. The smallest absolute Gasteiger partial charge is 0.254 e. The zero-order valence-corrected chi connectivity index (χ0v) is 47.8. The van der Waals surface area contributed by atoms with Crippen LogP contribution in [0.3, 0.4) is 0 Å². The Labute approximate surface area is 481 Å². The first kappa shape index (κ1) is 59.9. The van der Waals surface area contributed by atoms with E-state index in [-0.39, 0.29) is 73.1 Å². The van der Waals surface area contributed by atoms with Crippen LogP contribution in [0.25, 0.3) is 26.8 Å². The molecule has 2 aromatic heterocycles. The Morgan fingerprint density at radius 3 is 2.40 bits per heavy atom. The number of aliphatic imine (C=N–C) groups is 2. The number of carbonyl (C=O) groups excluding carboxylic acids is 2. The quantitative estimate of drug-likeness (QED) is 0.0678. The number of thiophene rings is 1. The van der Waals surface area contributed by atoms with Gasteiger partial charge in [-0.05, 0) is 117 Å². The third-order valence-corrected chi connectivity index (χ3v) is 17.1. The molecule has 1 aliphatic carbocycles. The lowest BCUT2D eigenvalue weighted by atomic mass is 9.91. The largest absolute Gasteiger partial charge is 0.475 e. The van der Waals surface area contributed by atoms with Gasteiger partial charge in [-0.15, -0.1) is 11.3 Å². The molecular formula is C61H70ClF2N11O5S. The summed E-state index contributed by atoms with van der Waals surface area (Å²) in [6.07, 6.45) is 7.48. The minimum absolute atomic E-state index is 0.0732. The molecule has 0 spiro atoms. The maximum absolute atomic E-state index is 16.1. The fraction of sp³-hybridized carbons (Fsp3) is 0.426. The summed E-state index contributed by atoms with van der Waals surface area (Å²) in [5.74, 6) is -0.531. The van der Waals surface area contributed by atoms with Gasteiger partial charge in [0.2, 0.25) is 11.8 Å². The molecule has 4 aliphatic heterocycles. The number of benzene rings is 3. The Kier molecular flexibility index (Phi) is 20.3. The molecule has 81 heavy (non-hydrogen) atoms. The van der Waals surface area contributed by atoms with Crippen molar-refractivity contribution in [3.8, 4) is 29.1 Å². The number of nitrogens with one attached hydrogen (secondary N) is 2. The van der Waals surface area contributed by atoms with E-state index < -0.39 is 23.6 Å². The molecule has 0 radical (unpaired) electrons. The highest BCUT2D eigenvalue weighted by molar-refractivity contribution is 7.23. The number of piperidine rings is 1. The summed E-state index contributed by atoms with van der Waals surface area (Å²) < 4.78 is 42.8. The molecule has 5 unspecified atom stereocenters. The standard InChI is InChI=1S/C51H51ClF2N8O4S.C9H15N3.CH4O/c1-29(2)44(51(64)62-21-6-9-41(62)50(63)59-30(3)32-10-12-33(13-11-32)35-8-5-4-7-34(35)26-55)42-25-43(60-66-42)65-28-31-18-22-61(23-19-31)24-20-58-40-17-15-38(52)46(47(40)54)36-14-16-39(53)48-45(36)37(27-56)49(57)67-48;1-7(10-2)12-5-8-3-4-9(6-12)11-8;1-2/h4-5,7-8,10-16,25,29-31,41,44H,6,9,17-24,28,57H2,1-3H3,(H,59,63);8-9,11H,1-6H2;2H,1H3. The van der Waals surface area contributed by atoms with Gasteiger partial charge in [0, 0.05) is 73.9 Å². The topological polar surface area (TPSA) is 222 Å². The molecule has 6 heterocycles. The third kappa shape index (κ3) is 13.7. The van der Waals surface area contributed by atoms with Crippen molar-refractivity contribution in [2.75, 3.05) is 65.3 Å². The molecule has 10 rings (SSSR count). The van der Waals surface area contributed by atoms with Gasteiger partial charge in [-0.25, -0.2) is 13.8 Å². The van der Waals surface area contributed by atoms with Crippen molar-refractivity contribution in [1.82, 2.24) is 30.5 Å². The molecule has 5 aromatic rings. The number of anilines is 1. The number of piperazine rings is 1. The number of carbonyl (C=O) groups is 2. The summed E-state index contributed by atoms with van der Waals surface area (Å²) in [5.41, 5.74) is 9.99. The Morgan fingerprint density at radius 1 is 1.00 bits per heavy atom. The van der Waals surface area contributed by atoms with Crippen LogP contribution in [0, 0.1) is 40.3 Å². The number of nitrogens with zero attached hydrogens (tertiary/aromatic N) is 8. The normalized spacial score (nSPS) is 20.4. The number of aromatic nitrogens is 1. The van der Waals surface area contributed by atoms with Crippen molar-refractivity contribution < 1.29 is 32.7 Å². The molecule has 5 atom stereocenters. The molecule has 4 fully saturated rings. The molecule has 5 N–H and O–H groups in total. The molecular weight excluding hydrogens is 1070 g/mol. The van der Waals surface area contributed by atoms with Crippen molar-refractivity contribution in [3.05, 3.63) is 130 Å². The summed E-state index contributed by atoms with van der Waals surface area (Å²) in [6, 6.07) is 24.2. The maximum Gasteiger partial charge on any atom is 0.254 e. The monoisotopic (exact) mass is 1140 g/mol. The third-order valence-electron chi connectivity index (χ3n) is 15.8. The van der Waals surface area contributed by atoms with Gasteiger partial charge in [-0.2, -0.15) is 10.5 Å². The van der Waals surface area contributed by atoms with E-state index in [9.17, 15) is 24.5 Å². The molecule has 0 saturated carbocycles. The second kappa shape index (κ2) is 27.5. The predicted octanol–water partition coefficient (Wildman–Crippen LogP) is 10.3. The molecule has 2 amide bonds. The molecule has 16 nitrogen and oxygen atoms in total. The van der Waals surface area contributed by atoms with E-state index in [0.29, 0.717) is 73.9 Å². The second-order valence-corrected chi connectivity index (χ2v) is 22.7. The highest BCUT2D eigenvalue weighted by Gasteiger charge is 2.41. The minimum Gasteiger partial charge on any atom is -0.475 e. The Hall–Kier alpha value is -7.26. The number of likely N-dealkylation sites (tertiary alicyclic amines) is 3. The van der Waals surface area contributed by atoms with Crippen LogP contribution in [0.5, 0.6) is 5.88 Å². The Balaban J connectivity index is 0.000000536. The minimum atomic E-state index is -0.654. The number of halogens is 3. The number of allylic oxidation sites excluding steroid dienone is 4. The van der Waals surface area contributed by atoms with Gasteiger partial charge in [0.1, 0.15) is 34.7 Å². The number of hydrogen-bond donors (Lipinski definition) is 4. The van der Waals surface area contributed by atoms with Gasteiger partial charge in [0.15, 0.2) is 11.6 Å². The Morgan fingerprint density at radius 2 is 1.72 bits per heavy atom. The first-order valence-corrected chi connectivity index (χ1v) is 28.7. The zero-order chi connectivity index (χ0) is 57.9. The van der Waals surface area contributed by atoms with Crippen LogP contribution in [0.15, 0.2) is 111 Å². The summed E-state index contributed by atoms with van der Waals surface area (Å²) in [4.78, 5) is 42.6. The summed E-state index contributed by atoms with van der Waals surface area (Å²) in [5, 5.41) is 37.7. The number of rotatable bonds is 16. The molecule has 2 bridgehead atoms. The second-order valence-electron chi connectivity index (χ2n) is 21.2. The SMILES string of the molecule is C=NC(=C)N1CC2CCC(C1)N2.CC(NC(=O)C1CCCN1C(=O)C(c1cc(OCC2CCN(CCN=C3CC=C(Cl)C(c4ccc(F)c5sc(N)c(C#N)c45)=C3F)CC2)no1)C(C)C)c1ccc(-c2ccccc2C#N)cc1.CO. The van der Waals surface area contributed by atoms with Crippen molar-refractivity contribution in [3.63, 3.8) is 0 Å². The van der Waals surface area contributed by atoms with Crippen LogP contribution in [0.1, 0.15) is 106 Å². The number of hydrogen-bond acceptors (Lipinski definition) is 15. The van der Waals surface area contributed by atoms with Gasteiger partial charge in [0.05, 0.1) is 46.8 Å². The van der Waals surface area contributed by atoms with Crippen LogP contribution < -0.4 is 21.1 Å². The highest BCUT2D eigenvalue weighted by Crippen LogP contribution is 2.44. The van der Waals surface area contributed by atoms with E-state index in [0.717, 1.165) is 80.0 Å². The van der Waals surface area contributed by atoms with Crippen molar-refractivity contribution in [1.29, 1.82) is 10.5 Å².